The highest BCUT2D eigenvalue weighted by molar-refractivity contribution is 8.18. The summed E-state index contributed by atoms with van der Waals surface area (Å²) in [5.41, 5.74) is 4.90. The Balaban J connectivity index is 1.44. The molecule has 2 saturated carbocycles. The average molecular weight is 530 g/mol. The van der Waals surface area contributed by atoms with Crippen molar-refractivity contribution in [3.63, 3.8) is 0 Å². The largest absolute Gasteiger partial charge is 0.354 e. The van der Waals surface area contributed by atoms with Gasteiger partial charge in [-0.1, -0.05) is 51.5 Å². The van der Waals surface area contributed by atoms with E-state index < -0.39 is 0 Å². The molecule has 2 atom stereocenters. The van der Waals surface area contributed by atoms with E-state index in [1.54, 1.807) is 0 Å². The SMILES string of the molecule is CCCCN(C)C1=NC(=O)/C(=C/c2cccc(-c3ccc(N=O)c(C45CC(C)CC(CC(C)C4)C5)c3)c2)S1. The molecule has 0 radical (unpaired) electrons. The summed E-state index contributed by atoms with van der Waals surface area (Å²) in [6, 6.07) is 14.4. The van der Waals surface area contributed by atoms with Gasteiger partial charge in [0.15, 0.2) is 5.17 Å². The molecule has 0 saturated heterocycles. The molecule has 1 aliphatic heterocycles. The van der Waals surface area contributed by atoms with Gasteiger partial charge in [0, 0.05) is 13.6 Å². The van der Waals surface area contributed by atoms with Gasteiger partial charge in [0.2, 0.25) is 0 Å². The minimum absolute atomic E-state index is 0.0310. The Kier molecular flexibility index (Phi) is 7.90. The molecular weight excluding hydrogens is 490 g/mol. The van der Waals surface area contributed by atoms with Crippen molar-refractivity contribution >= 4 is 34.6 Å². The fourth-order valence-corrected chi connectivity index (χ4v) is 8.17. The Labute approximate surface area is 231 Å². The summed E-state index contributed by atoms with van der Waals surface area (Å²) in [5, 5.41) is 4.26. The number of unbranched alkanes of at least 4 members (excludes halogenated alkanes) is 1. The molecule has 3 aliphatic rings. The molecule has 0 spiro atoms. The van der Waals surface area contributed by atoms with Crippen molar-refractivity contribution in [3.05, 3.63) is 63.4 Å². The summed E-state index contributed by atoms with van der Waals surface area (Å²) in [4.78, 5) is 31.6. The third-order valence-corrected chi connectivity index (χ3v) is 9.69. The molecule has 6 heteroatoms. The van der Waals surface area contributed by atoms with Crippen LogP contribution < -0.4 is 0 Å². The van der Waals surface area contributed by atoms with Crippen molar-refractivity contribution in [2.45, 2.75) is 71.1 Å². The first kappa shape index (κ1) is 26.9. The number of amidine groups is 1. The van der Waals surface area contributed by atoms with Crippen molar-refractivity contribution in [1.29, 1.82) is 0 Å². The van der Waals surface area contributed by atoms with Crippen LogP contribution >= 0.6 is 11.8 Å². The van der Waals surface area contributed by atoms with E-state index in [2.05, 4.69) is 54.0 Å². The number of nitroso groups, excluding NO2 is 1. The smallest absolute Gasteiger partial charge is 0.286 e. The molecule has 1 amide bonds. The third kappa shape index (κ3) is 5.51. The van der Waals surface area contributed by atoms with Gasteiger partial charge in [0.05, 0.1) is 4.91 Å². The molecule has 2 aromatic rings. The number of rotatable bonds is 7. The van der Waals surface area contributed by atoms with E-state index in [1.807, 2.05) is 37.4 Å². The molecule has 2 unspecified atom stereocenters. The van der Waals surface area contributed by atoms with Gasteiger partial charge >= 0.3 is 0 Å². The quantitative estimate of drug-likeness (QED) is 0.266. The van der Waals surface area contributed by atoms with Crippen LogP contribution in [0.4, 0.5) is 5.69 Å². The number of nitrogens with zero attached hydrogens (tertiary/aromatic N) is 3. The topological polar surface area (TPSA) is 62.1 Å². The Morgan fingerprint density at radius 3 is 2.53 bits per heavy atom. The van der Waals surface area contributed by atoms with Crippen molar-refractivity contribution in [2.75, 3.05) is 13.6 Å². The lowest BCUT2D eigenvalue weighted by atomic mass is 9.54. The molecule has 38 heavy (non-hydrogen) atoms. The zero-order chi connectivity index (χ0) is 26.9. The van der Waals surface area contributed by atoms with Gasteiger partial charge in [-0.3, -0.25) is 4.79 Å². The van der Waals surface area contributed by atoms with E-state index in [-0.39, 0.29) is 11.3 Å². The van der Waals surface area contributed by atoms with E-state index in [0.717, 1.165) is 72.0 Å². The van der Waals surface area contributed by atoms with Crippen molar-refractivity contribution in [3.8, 4) is 11.1 Å². The molecular formula is C32H39N3O2S. The lowest BCUT2D eigenvalue weighted by Gasteiger charge is -2.50. The highest BCUT2D eigenvalue weighted by Gasteiger charge is 2.46. The van der Waals surface area contributed by atoms with Crippen LogP contribution in [0.2, 0.25) is 0 Å². The predicted molar refractivity (Wildman–Crippen MR) is 159 cm³/mol. The molecule has 1 heterocycles. The van der Waals surface area contributed by atoms with E-state index >= 15 is 0 Å². The van der Waals surface area contributed by atoms with Crippen LogP contribution in [0.15, 0.2) is 57.5 Å². The van der Waals surface area contributed by atoms with Gasteiger partial charge in [0.1, 0.15) is 5.69 Å². The van der Waals surface area contributed by atoms with Crippen LogP contribution in [0.3, 0.4) is 0 Å². The maximum absolute atomic E-state index is 12.6. The Bertz CT molecular complexity index is 1260. The van der Waals surface area contributed by atoms with Gasteiger partial charge in [0.25, 0.3) is 5.91 Å². The Morgan fingerprint density at radius 1 is 1.08 bits per heavy atom. The standard InChI is InChI=1S/C32H39N3O2S/c1-5-6-12-35(4)31-33-30(36)29(38-31)16-23-8-7-9-25(15-23)26-10-11-28(34-37)27(17-26)32-18-21(2)13-24(20-32)14-22(3)19-32/h7-11,15-17,21-22,24H,5-6,12-14,18-20H2,1-4H3/b29-16-. The molecule has 2 bridgehead atoms. The summed E-state index contributed by atoms with van der Waals surface area (Å²) >= 11 is 1.45. The highest BCUT2D eigenvalue weighted by atomic mass is 32.2. The number of aliphatic imine (C=N–C) groups is 1. The highest BCUT2D eigenvalue weighted by Crippen LogP contribution is 2.56. The number of carbonyl (C=O) groups excluding carboxylic acids is 1. The molecule has 2 fully saturated rings. The lowest BCUT2D eigenvalue weighted by molar-refractivity contribution is -0.113. The molecule has 200 valence electrons. The normalized spacial score (nSPS) is 27.9. The first-order chi connectivity index (χ1) is 18.3. The number of carbonyl (C=O) groups is 1. The third-order valence-electron chi connectivity index (χ3n) is 8.60. The fourth-order valence-electron chi connectivity index (χ4n) is 7.27. The van der Waals surface area contributed by atoms with Gasteiger partial charge in [-0.05, 0) is 125 Å². The van der Waals surface area contributed by atoms with Gasteiger partial charge in [-0.2, -0.15) is 4.99 Å². The summed E-state index contributed by atoms with van der Waals surface area (Å²) in [6.07, 6.45) is 10.1. The average Bonchev–Trinajstić information content (AvgIpc) is 3.26. The predicted octanol–water partition coefficient (Wildman–Crippen LogP) is 8.56. The van der Waals surface area contributed by atoms with Crippen LogP contribution in [0, 0.1) is 22.7 Å². The van der Waals surface area contributed by atoms with Crippen LogP contribution in [0.1, 0.15) is 76.8 Å². The van der Waals surface area contributed by atoms with Gasteiger partial charge in [-0.15, -0.1) is 4.91 Å². The monoisotopic (exact) mass is 529 g/mol. The number of amides is 1. The van der Waals surface area contributed by atoms with Crippen molar-refractivity contribution in [2.24, 2.45) is 27.9 Å². The van der Waals surface area contributed by atoms with Gasteiger partial charge < -0.3 is 4.90 Å². The second-order valence-electron chi connectivity index (χ2n) is 12.0. The minimum Gasteiger partial charge on any atom is -0.354 e. The summed E-state index contributed by atoms with van der Waals surface area (Å²) in [5.74, 6) is 1.88. The van der Waals surface area contributed by atoms with E-state index in [0.29, 0.717) is 22.4 Å². The molecule has 0 aromatic heterocycles. The molecule has 0 N–H and O–H groups in total. The number of thioether (sulfide) groups is 1. The number of fused-ring (bicyclic) bond motifs is 2. The van der Waals surface area contributed by atoms with E-state index in [1.165, 1.54) is 24.6 Å². The van der Waals surface area contributed by atoms with Crippen LogP contribution in [0.5, 0.6) is 0 Å². The number of hydrogen-bond donors (Lipinski definition) is 0. The summed E-state index contributed by atoms with van der Waals surface area (Å²) in [7, 11) is 2.00. The van der Waals surface area contributed by atoms with Crippen LogP contribution in [0.25, 0.3) is 17.2 Å². The summed E-state index contributed by atoms with van der Waals surface area (Å²) in [6.45, 7) is 7.79. The van der Waals surface area contributed by atoms with Gasteiger partial charge in [-0.25, -0.2) is 0 Å². The maximum Gasteiger partial charge on any atom is 0.286 e. The Morgan fingerprint density at radius 2 is 1.82 bits per heavy atom. The minimum atomic E-state index is -0.172. The number of hydrogen-bond acceptors (Lipinski definition) is 5. The van der Waals surface area contributed by atoms with E-state index in [9.17, 15) is 9.70 Å². The molecule has 5 rings (SSSR count). The fraction of sp³-hybridized carbons (Fsp3) is 0.500. The van der Waals surface area contributed by atoms with Crippen LogP contribution in [-0.4, -0.2) is 29.6 Å². The zero-order valence-corrected chi connectivity index (χ0v) is 23.9. The van der Waals surface area contributed by atoms with Crippen molar-refractivity contribution in [1.82, 2.24) is 4.90 Å². The second kappa shape index (κ2) is 11.2. The second-order valence-corrected chi connectivity index (χ2v) is 13.0. The van der Waals surface area contributed by atoms with Crippen molar-refractivity contribution < 1.29 is 4.79 Å². The first-order valence-electron chi connectivity index (χ1n) is 14.1. The number of benzene rings is 2. The van der Waals surface area contributed by atoms with Crippen LogP contribution in [-0.2, 0) is 10.2 Å². The molecule has 2 aliphatic carbocycles. The zero-order valence-electron chi connectivity index (χ0n) is 23.1. The summed E-state index contributed by atoms with van der Waals surface area (Å²) < 4.78 is 0. The molecule has 2 aromatic carbocycles. The molecule has 5 nitrogen and oxygen atoms in total. The lowest BCUT2D eigenvalue weighted by Crippen LogP contribution is -2.42. The maximum atomic E-state index is 12.6. The van der Waals surface area contributed by atoms with E-state index in [4.69, 9.17) is 0 Å². The Hall–Kier alpha value is -2.73. The first-order valence-corrected chi connectivity index (χ1v) is 14.9.